The average molecular weight is 351 g/mol. The van der Waals surface area contributed by atoms with Crippen molar-refractivity contribution in [1.82, 2.24) is 15.1 Å². The molecule has 1 aromatic carbocycles. The van der Waals surface area contributed by atoms with Crippen LogP contribution in [0, 0.1) is 0 Å². The van der Waals surface area contributed by atoms with Gasteiger partial charge in [-0.3, -0.25) is 9.59 Å². The van der Waals surface area contributed by atoms with Crippen LogP contribution in [0.4, 0.5) is 13.2 Å². The molecule has 5 nitrogen and oxygen atoms in total. The largest absolute Gasteiger partial charge is 0.416 e. The van der Waals surface area contributed by atoms with Crippen LogP contribution < -0.4 is 10.9 Å². The molecule has 1 aromatic heterocycles. The summed E-state index contributed by atoms with van der Waals surface area (Å²) in [5.74, 6) is -0.559. The molecule has 25 heavy (non-hydrogen) atoms. The van der Waals surface area contributed by atoms with Crippen molar-refractivity contribution in [3.05, 3.63) is 63.1 Å². The highest BCUT2D eigenvalue weighted by Crippen LogP contribution is 2.29. The summed E-state index contributed by atoms with van der Waals surface area (Å²) in [5.41, 5.74) is 0.448. The molecule has 0 radical (unpaired) electrons. The summed E-state index contributed by atoms with van der Waals surface area (Å²) in [4.78, 5) is 23.9. The molecule has 3 rings (SSSR count). The van der Waals surface area contributed by atoms with Gasteiger partial charge in [0, 0.05) is 24.7 Å². The molecule has 1 amide bonds. The molecular formula is C17H16F3N3O2. The van der Waals surface area contributed by atoms with Gasteiger partial charge in [-0.05, 0) is 43.0 Å². The van der Waals surface area contributed by atoms with E-state index in [0.29, 0.717) is 19.3 Å². The van der Waals surface area contributed by atoms with E-state index < -0.39 is 17.6 Å². The number of rotatable bonds is 2. The molecule has 132 valence electrons. The Hall–Kier alpha value is -2.64. The average Bonchev–Trinajstić information content (AvgIpc) is 2.55. The Morgan fingerprint density at radius 2 is 2.08 bits per heavy atom. The standard InChI is InChI=1S/C17H16F3N3O2/c1-23-15(24)9-11-8-13(5-6-14(11)22-23)21-16(25)10-3-2-4-12(7-10)17(18,19)20/h2-4,7,9,13H,5-6,8H2,1H3,(H,21,25)/t13-/m1/s1. The molecule has 1 heterocycles. The molecule has 8 heteroatoms. The summed E-state index contributed by atoms with van der Waals surface area (Å²) in [6.07, 6.45) is -2.85. The third kappa shape index (κ3) is 3.72. The van der Waals surface area contributed by atoms with E-state index in [1.807, 2.05) is 0 Å². The molecule has 0 fully saturated rings. The van der Waals surface area contributed by atoms with Gasteiger partial charge in [-0.1, -0.05) is 6.07 Å². The first kappa shape index (κ1) is 17.2. The maximum absolute atomic E-state index is 12.8. The first-order valence-corrected chi connectivity index (χ1v) is 7.78. The highest BCUT2D eigenvalue weighted by atomic mass is 19.4. The second-order valence-electron chi connectivity index (χ2n) is 6.07. The van der Waals surface area contributed by atoms with Crippen molar-refractivity contribution in [3.8, 4) is 0 Å². The van der Waals surface area contributed by atoms with E-state index >= 15 is 0 Å². The fourth-order valence-electron chi connectivity index (χ4n) is 2.91. The van der Waals surface area contributed by atoms with E-state index in [9.17, 15) is 22.8 Å². The first-order valence-electron chi connectivity index (χ1n) is 7.78. The Bertz CT molecular complexity index is 874. The summed E-state index contributed by atoms with van der Waals surface area (Å²) >= 11 is 0. The van der Waals surface area contributed by atoms with E-state index in [-0.39, 0.29) is 17.2 Å². The second-order valence-corrected chi connectivity index (χ2v) is 6.07. The highest BCUT2D eigenvalue weighted by molar-refractivity contribution is 5.94. The quantitative estimate of drug-likeness (QED) is 0.901. The molecule has 0 bridgehead atoms. The van der Waals surface area contributed by atoms with Gasteiger partial charge in [-0.15, -0.1) is 0 Å². The zero-order valence-corrected chi connectivity index (χ0v) is 13.4. The number of alkyl halides is 3. The Balaban J connectivity index is 1.74. The smallest absolute Gasteiger partial charge is 0.349 e. The monoisotopic (exact) mass is 351 g/mol. The van der Waals surface area contributed by atoms with Gasteiger partial charge in [0.2, 0.25) is 0 Å². The molecule has 0 unspecified atom stereocenters. The summed E-state index contributed by atoms with van der Waals surface area (Å²) in [5, 5.41) is 6.94. The van der Waals surface area contributed by atoms with Crippen molar-refractivity contribution in [3.63, 3.8) is 0 Å². The van der Waals surface area contributed by atoms with Crippen LogP contribution in [0.5, 0.6) is 0 Å². The van der Waals surface area contributed by atoms with E-state index in [4.69, 9.17) is 0 Å². The fraction of sp³-hybridized carbons (Fsp3) is 0.353. The summed E-state index contributed by atoms with van der Waals surface area (Å²) in [6, 6.07) is 5.56. The zero-order valence-electron chi connectivity index (χ0n) is 13.4. The van der Waals surface area contributed by atoms with Crippen molar-refractivity contribution in [2.24, 2.45) is 7.05 Å². The maximum atomic E-state index is 12.8. The van der Waals surface area contributed by atoms with Crippen molar-refractivity contribution >= 4 is 5.91 Å². The van der Waals surface area contributed by atoms with Crippen LogP contribution in [0.2, 0.25) is 0 Å². The van der Waals surface area contributed by atoms with Crippen molar-refractivity contribution in [1.29, 1.82) is 0 Å². The SMILES string of the molecule is Cn1nc2c(cc1=O)C[C@H](NC(=O)c1cccc(C(F)(F)F)c1)CC2. The van der Waals surface area contributed by atoms with E-state index in [0.717, 1.165) is 23.4 Å². The molecule has 0 spiro atoms. The van der Waals surface area contributed by atoms with Gasteiger partial charge in [0.15, 0.2) is 0 Å². The van der Waals surface area contributed by atoms with E-state index in [1.165, 1.54) is 22.9 Å². The fourth-order valence-corrected chi connectivity index (χ4v) is 2.91. The lowest BCUT2D eigenvalue weighted by atomic mass is 9.92. The predicted molar refractivity (Wildman–Crippen MR) is 84.2 cm³/mol. The lowest BCUT2D eigenvalue weighted by molar-refractivity contribution is -0.137. The van der Waals surface area contributed by atoms with Gasteiger partial charge in [-0.25, -0.2) is 4.68 Å². The number of benzene rings is 1. The molecule has 2 aromatic rings. The number of hydrogen-bond donors (Lipinski definition) is 1. The van der Waals surface area contributed by atoms with Crippen LogP contribution in [-0.2, 0) is 26.1 Å². The van der Waals surface area contributed by atoms with Gasteiger partial charge in [-0.2, -0.15) is 18.3 Å². The van der Waals surface area contributed by atoms with Crippen LogP contribution in [0.3, 0.4) is 0 Å². The minimum Gasteiger partial charge on any atom is -0.349 e. The lowest BCUT2D eigenvalue weighted by Crippen LogP contribution is -2.40. The number of aromatic nitrogens is 2. The Kier molecular flexibility index (Phi) is 4.36. The van der Waals surface area contributed by atoms with Gasteiger partial charge in [0.1, 0.15) is 0 Å². The van der Waals surface area contributed by atoms with Crippen molar-refractivity contribution in [2.45, 2.75) is 31.5 Å². The van der Waals surface area contributed by atoms with Crippen LogP contribution in [-0.4, -0.2) is 21.7 Å². The summed E-state index contributed by atoms with van der Waals surface area (Å²) < 4.78 is 39.5. The van der Waals surface area contributed by atoms with E-state index in [2.05, 4.69) is 10.4 Å². The molecule has 1 atom stereocenters. The molecular weight excluding hydrogens is 335 g/mol. The van der Waals surface area contributed by atoms with Gasteiger partial charge in [0.05, 0.1) is 11.3 Å². The molecule has 1 N–H and O–H groups in total. The Morgan fingerprint density at radius 1 is 1.32 bits per heavy atom. The summed E-state index contributed by atoms with van der Waals surface area (Å²) in [6.45, 7) is 0. The second kappa shape index (κ2) is 6.34. The number of carbonyl (C=O) groups excluding carboxylic acids is 1. The van der Waals surface area contributed by atoms with Crippen LogP contribution in [0.1, 0.15) is 33.6 Å². The first-order chi connectivity index (χ1) is 11.7. The van der Waals surface area contributed by atoms with Gasteiger partial charge in [0.25, 0.3) is 11.5 Å². The molecule has 1 aliphatic rings. The number of fused-ring (bicyclic) bond motifs is 1. The highest BCUT2D eigenvalue weighted by Gasteiger charge is 2.31. The number of hydrogen-bond acceptors (Lipinski definition) is 3. The molecule has 0 saturated heterocycles. The van der Waals surface area contributed by atoms with Gasteiger partial charge < -0.3 is 5.32 Å². The predicted octanol–water partition coefficient (Wildman–Crippen LogP) is 2.09. The minimum atomic E-state index is -4.49. The Morgan fingerprint density at radius 3 is 2.80 bits per heavy atom. The number of aryl methyl sites for hydroxylation is 2. The third-order valence-electron chi connectivity index (χ3n) is 4.24. The summed E-state index contributed by atoms with van der Waals surface area (Å²) in [7, 11) is 1.57. The Labute approximate surface area is 141 Å². The number of halogens is 3. The number of nitrogens with one attached hydrogen (secondary N) is 1. The number of carbonyl (C=O) groups is 1. The van der Waals surface area contributed by atoms with E-state index in [1.54, 1.807) is 7.05 Å². The van der Waals surface area contributed by atoms with Crippen LogP contribution in [0.15, 0.2) is 35.1 Å². The third-order valence-corrected chi connectivity index (χ3v) is 4.24. The molecule has 0 aliphatic heterocycles. The molecule has 1 aliphatic carbocycles. The topological polar surface area (TPSA) is 64.0 Å². The molecule has 0 saturated carbocycles. The van der Waals surface area contributed by atoms with Crippen molar-refractivity contribution < 1.29 is 18.0 Å². The van der Waals surface area contributed by atoms with Crippen LogP contribution in [0.25, 0.3) is 0 Å². The van der Waals surface area contributed by atoms with Crippen molar-refractivity contribution in [2.75, 3.05) is 0 Å². The van der Waals surface area contributed by atoms with Gasteiger partial charge >= 0.3 is 6.18 Å². The number of nitrogens with zero attached hydrogens (tertiary/aromatic N) is 2. The zero-order chi connectivity index (χ0) is 18.2. The normalized spacial score (nSPS) is 17.0. The van der Waals surface area contributed by atoms with Crippen LogP contribution >= 0.6 is 0 Å². The lowest BCUT2D eigenvalue weighted by Gasteiger charge is -2.25. The number of amides is 1. The minimum absolute atomic E-state index is 0.0391. The maximum Gasteiger partial charge on any atom is 0.416 e.